The molecule has 0 aliphatic heterocycles. The molecule has 1 fully saturated rings. The minimum atomic E-state index is 0.207. The molecule has 3 nitrogen and oxygen atoms in total. The Balaban J connectivity index is 2.33. The van der Waals surface area contributed by atoms with Crippen molar-refractivity contribution in [3.05, 3.63) is 0 Å². The van der Waals surface area contributed by atoms with E-state index in [9.17, 15) is 0 Å². The van der Waals surface area contributed by atoms with Gasteiger partial charge in [0.15, 0.2) is 0 Å². The van der Waals surface area contributed by atoms with Crippen LogP contribution < -0.4 is 5.32 Å². The highest BCUT2D eigenvalue weighted by atomic mass is 16.5. The van der Waals surface area contributed by atoms with Gasteiger partial charge in [-0.3, -0.25) is 0 Å². The van der Waals surface area contributed by atoms with E-state index in [2.05, 4.69) is 39.9 Å². The van der Waals surface area contributed by atoms with Gasteiger partial charge in [-0.1, -0.05) is 27.7 Å². The fourth-order valence-corrected chi connectivity index (χ4v) is 2.38. The number of rotatable bonds is 7. The molecule has 3 unspecified atom stereocenters. The van der Waals surface area contributed by atoms with E-state index in [0.29, 0.717) is 24.1 Å². The first-order valence-electron chi connectivity index (χ1n) is 6.86. The molecule has 0 radical (unpaired) electrons. The van der Waals surface area contributed by atoms with E-state index in [0.717, 1.165) is 19.4 Å². The zero-order valence-corrected chi connectivity index (χ0v) is 12.0. The van der Waals surface area contributed by atoms with Gasteiger partial charge in [0.2, 0.25) is 0 Å². The van der Waals surface area contributed by atoms with E-state index in [-0.39, 0.29) is 12.0 Å². The van der Waals surface area contributed by atoms with Crippen LogP contribution in [-0.4, -0.2) is 36.5 Å². The van der Waals surface area contributed by atoms with Crippen LogP contribution in [0.1, 0.15) is 47.5 Å². The van der Waals surface area contributed by atoms with Crippen molar-refractivity contribution in [3.63, 3.8) is 0 Å². The summed E-state index contributed by atoms with van der Waals surface area (Å²) in [4.78, 5) is 0. The molecule has 1 aliphatic rings. The first kappa shape index (κ1) is 14.9. The molecule has 1 rings (SSSR count). The highest BCUT2D eigenvalue weighted by molar-refractivity contribution is 5.03. The molecule has 0 aromatic rings. The summed E-state index contributed by atoms with van der Waals surface area (Å²) >= 11 is 0. The van der Waals surface area contributed by atoms with Crippen LogP contribution in [-0.2, 0) is 4.74 Å². The largest absolute Gasteiger partial charge is 0.396 e. The third-order valence-electron chi connectivity index (χ3n) is 3.86. The van der Waals surface area contributed by atoms with Crippen molar-refractivity contribution in [2.24, 2.45) is 11.3 Å². The van der Waals surface area contributed by atoms with E-state index in [1.54, 1.807) is 0 Å². The van der Waals surface area contributed by atoms with Gasteiger partial charge in [0.1, 0.15) is 0 Å². The highest BCUT2D eigenvalue weighted by Gasteiger charge is 2.49. The Labute approximate surface area is 106 Å². The third-order valence-corrected chi connectivity index (χ3v) is 3.86. The molecule has 1 aliphatic carbocycles. The average Bonchev–Trinajstić information content (AvgIpc) is 2.22. The van der Waals surface area contributed by atoms with Gasteiger partial charge < -0.3 is 15.2 Å². The molecule has 3 heteroatoms. The smallest absolute Gasteiger partial charge is 0.0656 e. The molecule has 0 heterocycles. The van der Waals surface area contributed by atoms with E-state index in [4.69, 9.17) is 9.84 Å². The summed E-state index contributed by atoms with van der Waals surface area (Å²) < 4.78 is 5.94. The number of ether oxygens (including phenoxy) is 1. The van der Waals surface area contributed by atoms with E-state index in [1.807, 2.05) is 0 Å². The van der Waals surface area contributed by atoms with Crippen LogP contribution in [0.5, 0.6) is 0 Å². The predicted octanol–water partition coefficient (Wildman–Crippen LogP) is 2.19. The van der Waals surface area contributed by atoms with Gasteiger partial charge in [0, 0.05) is 30.7 Å². The summed E-state index contributed by atoms with van der Waals surface area (Å²) in [5.41, 5.74) is 0.207. The molecule has 0 aromatic carbocycles. The summed E-state index contributed by atoms with van der Waals surface area (Å²) in [5.74, 6) is 0.603. The Morgan fingerprint density at radius 1 is 1.35 bits per heavy atom. The monoisotopic (exact) mass is 243 g/mol. The van der Waals surface area contributed by atoms with Crippen molar-refractivity contribution in [2.75, 3.05) is 13.2 Å². The molecule has 0 spiro atoms. The summed E-state index contributed by atoms with van der Waals surface area (Å²) in [7, 11) is 0. The maximum absolute atomic E-state index is 8.90. The van der Waals surface area contributed by atoms with Gasteiger partial charge in [-0.15, -0.1) is 0 Å². The minimum absolute atomic E-state index is 0.207. The highest BCUT2D eigenvalue weighted by Crippen LogP contribution is 2.43. The zero-order chi connectivity index (χ0) is 13.1. The molecule has 1 saturated carbocycles. The number of hydrogen-bond acceptors (Lipinski definition) is 3. The number of nitrogens with one attached hydrogen (secondary N) is 1. The first-order chi connectivity index (χ1) is 7.87. The second-order valence-electron chi connectivity index (χ2n) is 6.41. The zero-order valence-electron chi connectivity index (χ0n) is 12.0. The lowest BCUT2D eigenvalue weighted by Gasteiger charge is -2.53. The Hall–Kier alpha value is -0.120. The summed E-state index contributed by atoms with van der Waals surface area (Å²) in [5, 5.41) is 12.5. The molecule has 102 valence electrons. The number of aliphatic hydroxyl groups is 1. The van der Waals surface area contributed by atoms with Gasteiger partial charge in [-0.05, 0) is 25.7 Å². The van der Waals surface area contributed by atoms with Crippen molar-refractivity contribution in [2.45, 2.75) is 65.6 Å². The van der Waals surface area contributed by atoms with Gasteiger partial charge in [0.05, 0.1) is 6.10 Å². The Bertz CT molecular complexity index is 228. The van der Waals surface area contributed by atoms with Crippen LogP contribution in [0.2, 0.25) is 0 Å². The molecule has 3 atom stereocenters. The van der Waals surface area contributed by atoms with Gasteiger partial charge in [-0.25, -0.2) is 0 Å². The Kier molecular flexibility index (Phi) is 5.42. The van der Waals surface area contributed by atoms with Gasteiger partial charge >= 0.3 is 0 Å². The van der Waals surface area contributed by atoms with E-state index in [1.165, 1.54) is 0 Å². The number of hydrogen-bond donors (Lipinski definition) is 2. The van der Waals surface area contributed by atoms with Crippen LogP contribution >= 0.6 is 0 Å². The quantitative estimate of drug-likeness (QED) is 0.720. The topological polar surface area (TPSA) is 41.5 Å². The predicted molar refractivity (Wildman–Crippen MR) is 71.1 cm³/mol. The van der Waals surface area contributed by atoms with Crippen LogP contribution in [0, 0.1) is 11.3 Å². The molecule has 2 N–H and O–H groups in total. The second kappa shape index (κ2) is 6.17. The van der Waals surface area contributed by atoms with Crippen molar-refractivity contribution in [3.8, 4) is 0 Å². The fraction of sp³-hybridized carbons (Fsp3) is 1.00. The van der Waals surface area contributed by atoms with Crippen LogP contribution in [0.15, 0.2) is 0 Å². The minimum Gasteiger partial charge on any atom is -0.396 e. The van der Waals surface area contributed by atoms with Gasteiger partial charge in [0.25, 0.3) is 0 Å². The molecule has 17 heavy (non-hydrogen) atoms. The van der Waals surface area contributed by atoms with Crippen molar-refractivity contribution >= 4 is 0 Å². The van der Waals surface area contributed by atoms with Crippen molar-refractivity contribution in [1.82, 2.24) is 5.32 Å². The lowest BCUT2D eigenvalue weighted by molar-refractivity contribution is -0.125. The maximum atomic E-state index is 8.90. The molecule has 0 saturated heterocycles. The maximum Gasteiger partial charge on any atom is 0.0656 e. The summed E-state index contributed by atoms with van der Waals surface area (Å²) in [6.07, 6.45) is 2.29. The van der Waals surface area contributed by atoms with Crippen molar-refractivity contribution < 1.29 is 9.84 Å². The first-order valence-corrected chi connectivity index (χ1v) is 6.86. The Morgan fingerprint density at radius 2 is 2.00 bits per heavy atom. The molecular weight excluding hydrogens is 214 g/mol. The van der Waals surface area contributed by atoms with Crippen LogP contribution in [0.25, 0.3) is 0 Å². The molecule has 0 aromatic heterocycles. The van der Waals surface area contributed by atoms with Crippen LogP contribution in [0.4, 0.5) is 0 Å². The average molecular weight is 243 g/mol. The van der Waals surface area contributed by atoms with Gasteiger partial charge in [-0.2, -0.15) is 0 Å². The van der Waals surface area contributed by atoms with Crippen LogP contribution in [0.3, 0.4) is 0 Å². The summed E-state index contributed by atoms with van der Waals surface area (Å²) in [6, 6.07) is 0.900. The second-order valence-corrected chi connectivity index (χ2v) is 6.41. The normalized spacial score (nSPS) is 29.1. The fourth-order valence-electron chi connectivity index (χ4n) is 2.38. The third kappa shape index (κ3) is 3.94. The SMILES string of the molecule is CC(C)COC1CC(NC(C)CCO)C1(C)C. The lowest BCUT2D eigenvalue weighted by Crippen LogP contribution is -2.62. The van der Waals surface area contributed by atoms with Crippen molar-refractivity contribution in [1.29, 1.82) is 0 Å². The summed E-state index contributed by atoms with van der Waals surface area (Å²) in [6.45, 7) is 12.2. The Morgan fingerprint density at radius 3 is 2.47 bits per heavy atom. The standard InChI is InChI=1S/C14H29NO2/c1-10(2)9-17-13-8-12(14(13,4)5)15-11(3)6-7-16/h10-13,15-16H,6-9H2,1-5H3. The molecular formula is C14H29NO2. The molecule has 0 amide bonds. The van der Waals surface area contributed by atoms with E-state index < -0.39 is 0 Å². The van der Waals surface area contributed by atoms with E-state index >= 15 is 0 Å². The lowest BCUT2D eigenvalue weighted by atomic mass is 9.64. The number of aliphatic hydroxyl groups excluding tert-OH is 1. The molecule has 0 bridgehead atoms.